The van der Waals surface area contributed by atoms with Gasteiger partial charge in [0.05, 0.1) is 0 Å². The van der Waals surface area contributed by atoms with E-state index < -0.39 is 15.9 Å². The van der Waals surface area contributed by atoms with E-state index in [1.54, 1.807) is 0 Å². The maximum atomic E-state index is 4.15. The van der Waals surface area contributed by atoms with E-state index in [0.717, 1.165) is 11.7 Å². The first-order valence-corrected chi connectivity index (χ1v) is 6.97. The minimum absolute atomic E-state index is 0.894. The molecule has 76 valence electrons. The van der Waals surface area contributed by atoms with Crippen molar-refractivity contribution in [2.45, 2.75) is 13.8 Å². The van der Waals surface area contributed by atoms with Gasteiger partial charge in [-0.2, -0.15) is 0 Å². The van der Waals surface area contributed by atoms with Crippen LogP contribution in [0, 0.1) is 0 Å². The fourth-order valence-electron chi connectivity index (χ4n) is 0.864. The van der Waals surface area contributed by atoms with Crippen molar-refractivity contribution in [3.05, 3.63) is 0 Å². The van der Waals surface area contributed by atoms with Crippen LogP contribution < -0.4 is 0 Å². The van der Waals surface area contributed by atoms with Gasteiger partial charge in [0.2, 0.25) is 0 Å². The van der Waals surface area contributed by atoms with Gasteiger partial charge < -0.3 is 0 Å². The van der Waals surface area contributed by atoms with Crippen molar-refractivity contribution >= 4 is 27.5 Å². The second kappa shape index (κ2) is 6.02. The van der Waals surface area contributed by atoms with E-state index in [-0.39, 0.29) is 0 Å². The molecule has 0 aliphatic carbocycles. The summed E-state index contributed by atoms with van der Waals surface area (Å²) in [7, 11) is 7.85. The summed E-state index contributed by atoms with van der Waals surface area (Å²) < 4.78 is 4.53. The normalized spacial score (nSPS) is 14.0. The van der Waals surface area contributed by atoms with Gasteiger partial charge in [-0.15, -0.1) is 0 Å². The van der Waals surface area contributed by atoms with Gasteiger partial charge in [-0.05, 0) is 0 Å². The van der Waals surface area contributed by atoms with Gasteiger partial charge in [0.1, 0.15) is 0 Å². The zero-order chi connectivity index (χ0) is 10.4. The molecule has 0 heterocycles. The van der Waals surface area contributed by atoms with Crippen LogP contribution in [-0.2, 0) is 0 Å². The molecule has 0 aromatic carbocycles. The van der Waals surface area contributed by atoms with Crippen molar-refractivity contribution < 1.29 is 0 Å². The number of amidine groups is 2. The van der Waals surface area contributed by atoms with Gasteiger partial charge in [-0.25, -0.2) is 0 Å². The molecule has 0 aliphatic heterocycles. The Hall–Kier alpha value is -0.517. The molecule has 0 saturated heterocycles. The summed E-state index contributed by atoms with van der Waals surface area (Å²) in [4.78, 5) is 8.30. The fourth-order valence-corrected chi connectivity index (χ4v) is 3.65. The maximum absolute atomic E-state index is 4.15. The van der Waals surface area contributed by atoms with Gasteiger partial charge >= 0.3 is 87.3 Å². The third-order valence-electron chi connectivity index (χ3n) is 2.18. The Morgan fingerprint density at radius 2 is 1.23 bits per heavy atom. The van der Waals surface area contributed by atoms with Crippen molar-refractivity contribution in [2.24, 2.45) is 9.98 Å². The number of nitrogens with zero attached hydrogens (tertiary/aromatic N) is 4. The van der Waals surface area contributed by atoms with Gasteiger partial charge in [0.15, 0.2) is 0 Å². The van der Waals surface area contributed by atoms with Crippen LogP contribution in [-0.4, -0.2) is 63.5 Å². The number of hydrogen-bond acceptors (Lipinski definition) is 2. The summed E-state index contributed by atoms with van der Waals surface area (Å²) in [5.41, 5.74) is 0. The molecular formula is C8H20GeN4. The van der Waals surface area contributed by atoms with E-state index in [1.807, 2.05) is 27.9 Å². The van der Waals surface area contributed by atoms with Crippen molar-refractivity contribution in [1.29, 1.82) is 0 Å². The summed E-state index contributed by atoms with van der Waals surface area (Å²) in [5, 5.41) is 0. The van der Waals surface area contributed by atoms with Crippen LogP contribution in [0.5, 0.6) is 0 Å². The molecule has 0 N–H and O–H groups in total. The zero-order valence-corrected chi connectivity index (χ0v) is 12.5. The summed E-state index contributed by atoms with van der Waals surface area (Å²) >= 11 is -0.894. The molecule has 0 fully saturated rings. The van der Waals surface area contributed by atoms with Crippen LogP contribution >= 0.6 is 0 Å². The first-order valence-electron chi connectivity index (χ1n) is 4.32. The van der Waals surface area contributed by atoms with Gasteiger partial charge in [-0.1, -0.05) is 0 Å². The molecule has 0 bridgehead atoms. The van der Waals surface area contributed by atoms with Crippen LogP contribution in [0.15, 0.2) is 9.98 Å². The standard InChI is InChI=1S/C8H20GeN4/c1-7(10-3)12(5)9-13(6)8(2)11-4/h9H2,1-6H3. The molecule has 0 unspecified atom stereocenters. The van der Waals surface area contributed by atoms with E-state index >= 15 is 0 Å². The topological polar surface area (TPSA) is 31.2 Å². The molecule has 0 aromatic heterocycles. The second-order valence-corrected chi connectivity index (χ2v) is 7.65. The van der Waals surface area contributed by atoms with Crippen LogP contribution in [0.3, 0.4) is 0 Å². The molecule has 0 aliphatic rings. The van der Waals surface area contributed by atoms with Crippen molar-refractivity contribution in [3.63, 3.8) is 0 Å². The molecular weight excluding hydrogens is 225 g/mol. The SMILES string of the molecule is CN=C(C)[N](C)[GeH2][N](C)C(C)=NC. The quantitative estimate of drug-likeness (QED) is 0.388. The van der Waals surface area contributed by atoms with Crippen LogP contribution in [0.2, 0.25) is 0 Å². The Kier molecular flexibility index (Phi) is 5.78. The van der Waals surface area contributed by atoms with Crippen LogP contribution in [0.1, 0.15) is 13.8 Å². The summed E-state index contributed by atoms with van der Waals surface area (Å²) in [5.74, 6) is 2.21. The molecule has 13 heavy (non-hydrogen) atoms. The van der Waals surface area contributed by atoms with E-state index in [1.165, 1.54) is 0 Å². The fraction of sp³-hybridized carbons (Fsp3) is 0.750. The molecule has 0 amide bonds. The Morgan fingerprint density at radius 1 is 0.923 bits per heavy atom. The molecule has 4 nitrogen and oxygen atoms in total. The average Bonchev–Trinajstić information content (AvgIpc) is 2.14. The molecule has 5 heteroatoms. The molecule has 0 spiro atoms. The van der Waals surface area contributed by atoms with Gasteiger partial charge in [-0.3, -0.25) is 0 Å². The Bertz CT molecular complexity index is 190. The second-order valence-electron chi connectivity index (χ2n) is 3.08. The van der Waals surface area contributed by atoms with E-state index in [9.17, 15) is 0 Å². The molecule has 0 radical (unpaired) electrons. The van der Waals surface area contributed by atoms with Crippen LogP contribution in [0.4, 0.5) is 0 Å². The molecule has 0 aromatic rings. The number of hydrogen-bond donors (Lipinski definition) is 0. The minimum atomic E-state index is -0.894. The number of aliphatic imine (C=N–C) groups is 2. The number of rotatable bonds is 2. The third-order valence-corrected chi connectivity index (χ3v) is 5.88. The monoisotopic (exact) mass is 246 g/mol. The third kappa shape index (κ3) is 4.31. The Labute approximate surface area is 87.6 Å². The van der Waals surface area contributed by atoms with Crippen molar-refractivity contribution in [1.82, 2.24) is 7.71 Å². The Morgan fingerprint density at radius 3 is 1.46 bits per heavy atom. The van der Waals surface area contributed by atoms with E-state index in [2.05, 4.69) is 31.8 Å². The van der Waals surface area contributed by atoms with Gasteiger partial charge in [0.25, 0.3) is 0 Å². The predicted molar refractivity (Wildman–Crippen MR) is 62.1 cm³/mol. The zero-order valence-electron chi connectivity index (χ0n) is 9.50. The van der Waals surface area contributed by atoms with Crippen LogP contribution in [0.25, 0.3) is 0 Å². The predicted octanol–water partition coefficient (Wildman–Crippen LogP) is -0.0548. The average molecular weight is 245 g/mol. The Balaban J connectivity index is 4.14. The van der Waals surface area contributed by atoms with E-state index in [0.29, 0.717) is 0 Å². The van der Waals surface area contributed by atoms with Gasteiger partial charge in [0, 0.05) is 0 Å². The summed E-state index contributed by atoms with van der Waals surface area (Å²) in [6, 6.07) is 0. The summed E-state index contributed by atoms with van der Waals surface area (Å²) in [6.07, 6.45) is 0. The molecule has 0 saturated carbocycles. The van der Waals surface area contributed by atoms with Crippen molar-refractivity contribution in [3.8, 4) is 0 Å². The molecule has 0 atom stereocenters. The first-order chi connectivity index (χ1) is 6.02. The van der Waals surface area contributed by atoms with E-state index in [4.69, 9.17) is 0 Å². The first kappa shape index (κ1) is 12.5. The summed E-state index contributed by atoms with van der Waals surface area (Å²) in [6.45, 7) is 4.08. The van der Waals surface area contributed by atoms with Crippen molar-refractivity contribution in [2.75, 3.05) is 28.2 Å². The molecule has 0 rings (SSSR count).